The summed E-state index contributed by atoms with van der Waals surface area (Å²) in [7, 11) is 4.99. The predicted octanol–water partition coefficient (Wildman–Crippen LogP) is 5.12. The quantitative estimate of drug-likeness (QED) is 0.541. The fourth-order valence-corrected chi connectivity index (χ4v) is 4.09. The molecule has 0 spiro atoms. The standard InChI is InChI=1S/C17H25BrO3/c1-19-14-11-10-13(16(20-2)17(14)21-3)15(18)12-8-6-4-5-7-9-12/h10-12,15H,4-9H2,1-3H3. The second-order valence-corrected chi connectivity index (χ2v) is 6.56. The van der Waals surface area contributed by atoms with Crippen molar-refractivity contribution in [2.24, 2.45) is 5.92 Å². The molecule has 0 aliphatic heterocycles. The first-order valence-electron chi connectivity index (χ1n) is 7.65. The van der Waals surface area contributed by atoms with Gasteiger partial charge in [-0.3, -0.25) is 0 Å². The number of alkyl halides is 1. The zero-order valence-electron chi connectivity index (χ0n) is 13.2. The Morgan fingerprint density at radius 1 is 0.905 bits per heavy atom. The van der Waals surface area contributed by atoms with Gasteiger partial charge in [0.25, 0.3) is 0 Å². The molecule has 0 heterocycles. The van der Waals surface area contributed by atoms with Crippen LogP contribution >= 0.6 is 15.9 Å². The first-order valence-corrected chi connectivity index (χ1v) is 8.57. The van der Waals surface area contributed by atoms with Crippen molar-refractivity contribution in [2.75, 3.05) is 21.3 Å². The van der Waals surface area contributed by atoms with E-state index < -0.39 is 0 Å². The van der Waals surface area contributed by atoms with Gasteiger partial charge in [0.1, 0.15) is 0 Å². The topological polar surface area (TPSA) is 27.7 Å². The van der Waals surface area contributed by atoms with Crippen LogP contribution in [-0.2, 0) is 0 Å². The molecule has 0 amide bonds. The van der Waals surface area contributed by atoms with Crippen LogP contribution in [0.3, 0.4) is 0 Å². The van der Waals surface area contributed by atoms with Gasteiger partial charge in [0.15, 0.2) is 11.5 Å². The summed E-state index contributed by atoms with van der Waals surface area (Å²) < 4.78 is 16.5. The van der Waals surface area contributed by atoms with E-state index in [0.29, 0.717) is 22.2 Å². The van der Waals surface area contributed by atoms with Crippen LogP contribution < -0.4 is 14.2 Å². The molecule has 0 N–H and O–H groups in total. The van der Waals surface area contributed by atoms with Crippen LogP contribution in [0.25, 0.3) is 0 Å². The minimum atomic E-state index is 0.297. The molecular formula is C17H25BrO3. The Hall–Kier alpha value is -0.900. The molecule has 0 radical (unpaired) electrons. The lowest BCUT2D eigenvalue weighted by atomic mass is 9.91. The van der Waals surface area contributed by atoms with Crippen LogP contribution in [0.15, 0.2) is 12.1 Å². The molecule has 0 bridgehead atoms. The summed E-state index contributed by atoms with van der Waals surface area (Å²) >= 11 is 3.91. The molecule has 0 aromatic heterocycles. The molecule has 1 saturated carbocycles. The molecule has 2 rings (SSSR count). The van der Waals surface area contributed by atoms with E-state index >= 15 is 0 Å². The van der Waals surface area contributed by atoms with Crippen LogP contribution in [0.1, 0.15) is 48.9 Å². The van der Waals surface area contributed by atoms with E-state index in [1.165, 1.54) is 38.5 Å². The zero-order chi connectivity index (χ0) is 15.2. The normalized spacial score (nSPS) is 17.9. The number of rotatable bonds is 5. The number of halogens is 1. The minimum Gasteiger partial charge on any atom is -0.493 e. The molecule has 1 atom stereocenters. The Labute approximate surface area is 136 Å². The second kappa shape index (κ2) is 7.92. The maximum Gasteiger partial charge on any atom is 0.203 e. The number of ether oxygens (including phenoxy) is 3. The van der Waals surface area contributed by atoms with Crippen LogP contribution in [0, 0.1) is 5.92 Å². The van der Waals surface area contributed by atoms with Gasteiger partial charge < -0.3 is 14.2 Å². The van der Waals surface area contributed by atoms with E-state index in [0.717, 1.165) is 11.3 Å². The van der Waals surface area contributed by atoms with Gasteiger partial charge in [-0.15, -0.1) is 0 Å². The van der Waals surface area contributed by atoms with Crippen molar-refractivity contribution in [3.8, 4) is 17.2 Å². The van der Waals surface area contributed by atoms with E-state index in [2.05, 4.69) is 22.0 Å². The summed E-state index contributed by atoms with van der Waals surface area (Å²) in [5.41, 5.74) is 1.15. The number of methoxy groups -OCH3 is 3. The van der Waals surface area contributed by atoms with Crippen LogP contribution in [0.4, 0.5) is 0 Å². The van der Waals surface area contributed by atoms with E-state index in [-0.39, 0.29) is 0 Å². The van der Waals surface area contributed by atoms with Crippen molar-refractivity contribution < 1.29 is 14.2 Å². The van der Waals surface area contributed by atoms with E-state index in [4.69, 9.17) is 14.2 Å². The molecule has 1 aliphatic carbocycles. The van der Waals surface area contributed by atoms with Crippen molar-refractivity contribution in [2.45, 2.75) is 43.4 Å². The fraction of sp³-hybridized carbons (Fsp3) is 0.647. The smallest absolute Gasteiger partial charge is 0.203 e. The third-order valence-corrected chi connectivity index (χ3v) is 5.59. The summed E-state index contributed by atoms with van der Waals surface area (Å²) in [5, 5.41) is 0. The van der Waals surface area contributed by atoms with E-state index in [1.807, 2.05) is 6.07 Å². The van der Waals surface area contributed by atoms with Crippen molar-refractivity contribution in [1.29, 1.82) is 0 Å². The predicted molar refractivity (Wildman–Crippen MR) is 89.0 cm³/mol. The average Bonchev–Trinajstić information content (AvgIpc) is 2.81. The monoisotopic (exact) mass is 356 g/mol. The maximum atomic E-state index is 5.62. The molecule has 0 saturated heterocycles. The Kier molecular flexibility index (Phi) is 6.22. The molecule has 1 unspecified atom stereocenters. The van der Waals surface area contributed by atoms with Crippen LogP contribution in [0.2, 0.25) is 0 Å². The van der Waals surface area contributed by atoms with Gasteiger partial charge in [0, 0.05) is 10.4 Å². The average molecular weight is 357 g/mol. The van der Waals surface area contributed by atoms with Crippen LogP contribution in [-0.4, -0.2) is 21.3 Å². The fourth-order valence-electron chi connectivity index (χ4n) is 3.20. The highest BCUT2D eigenvalue weighted by atomic mass is 79.9. The third kappa shape index (κ3) is 3.65. The first-order chi connectivity index (χ1) is 10.2. The number of hydrogen-bond acceptors (Lipinski definition) is 3. The molecule has 118 valence electrons. The lowest BCUT2D eigenvalue weighted by Crippen LogP contribution is -2.09. The van der Waals surface area contributed by atoms with Crippen molar-refractivity contribution in [3.63, 3.8) is 0 Å². The summed E-state index contributed by atoms with van der Waals surface area (Å²) in [6, 6.07) is 4.05. The number of hydrogen-bond donors (Lipinski definition) is 0. The van der Waals surface area contributed by atoms with Gasteiger partial charge in [-0.2, -0.15) is 0 Å². The van der Waals surface area contributed by atoms with Crippen molar-refractivity contribution >= 4 is 15.9 Å². The highest BCUT2D eigenvalue weighted by Crippen LogP contribution is 2.48. The Balaban J connectivity index is 2.33. The Morgan fingerprint density at radius 2 is 1.52 bits per heavy atom. The first kappa shape index (κ1) is 16.5. The van der Waals surface area contributed by atoms with Gasteiger partial charge in [0.05, 0.1) is 21.3 Å². The Morgan fingerprint density at radius 3 is 2.05 bits per heavy atom. The Bertz CT molecular complexity index is 454. The lowest BCUT2D eigenvalue weighted by molar-refractivity contribution is 0.319. The molecule has 1 aromatic carbocycles. The van der Waals surface area contributed by atoms with Gasteiger partial charge in [-0.25, -0.2) is 0 Å². The summed E-state index contributed by atoms with van der Waals surface area (Å²) in [6.45, 7) is 0. The minimum absolute atomic E-state index is 0.297. The third-order valence-electron chi connectivity index (χ3n) is 4.35. The van der Waals surface area contributed by atoms with Gasteiger partial charge >= 0.3 is 0 Å². The molecular weight excluding hydrogens is 332 g/mol. The SMILES string of the molecule is COc1ccc(C(Br)C2CCCCCC2)c(OC)c1OC. The second-order valence-electron chi connectivity index (χ2n) is 5.58. The van der Waals surface area contributed by atoms with Gasteiger partial charge in [-0.05, 0) is 24.8 Å². The molecule has 21 heavy (non-hydrogen) atoms. The summed E-state index contributed by atoms with van der Waals surface area (Å²) in [4.78, 5) is 0.297. The van der Waals surface area contributed by atoms with Crippen molar-refractivity contribution in [1.82, 2.24) is 0 Å². The summed E-state index contributed by atoms with van der Waals surface area (Å²) in [5.74, 6) is 2.82. The van der Waals surface area contributed by atoms with Crippen molar-refractivity contribution in [3.05, 3.63) is 17.7 Å². The van der Waals surface area contributed by atoms with Gasteiger partial charge in [0.2, 0.25) is 5.75 Å². The molecule has 3 nitrogen and oxygen atoms in total. The highest BCUT2D eigenvalue weighted by Gasteiger charge is 2.27. The molecule has 4 heteroatoms. The van der Waals surface area contributed by atoms with Crippen LogP contribution in [0.5, 0.6) is 17.2 Å². The van der Waals surface area contributed by atoms with E-state index in [9.17, 15) is 0 Å². The molecule has 1 fully saturated rings. The zero-order valence-corrected chi connectivity index (χ0v) is 14.7. The maximum absolute atomic E-state index is 5.62. The highest BCUT2D eigenvalue weighted by molar-refractivity contribution is 9.09. The lowest BCUT2D eigenvalue weighted by Gasteiger charge is -2.24. The van der Waals surface area contributed by atoms with Gasteiger partial charge in [-0.1, -0.05) is 47.7 Å². The molecule has 1 aromatic rings. The largest absolute Gasteiger partial charge is 0.493 e. The number of benzene rings is 1. The molecule has 1 aliphatic rings. The summed E-state index contributed by atoms with van der Waals surface area (Å²) in [6.07, 6.45) is 7.91. The van der Waals surface area contributed by atoms with E-state index in [1.54, 1.807) is 21.3 Å².